The van der Waals surface area contributed by atoms with Crippen LogP contribution in [-0.4, -0.2) is 114 Å². The minimum absolute atomic E-state index is 0.00273. The fraction of sp³-hybridized carbons (Fsp3) is 0.278. The standard InChI is InChI=1S/C36H41FN4O2S.C22H22N2O4.C21H20N2O5/c1-4-39(5-2)21-22-40(23-27-11-17-30(18-12-27)29-15-9-26(3)10-16-29)34(42)24-41-33-8-6-7-32(33)35(43)38-36(41)44-25-28-13-19-31(37)20-14-28;1-3-16-20(21(26)22(23)27)19-17(10-7-11-18(19)28-13-14(2)25)24(16)12-15-8-5-4-6-9-15;1-2-14-19(20(26)21(22)27)18-15(9-6-10-16(18)28-12-17(24)25)23(14)11-13-7-4-3-5-8-13/h9-20H,4-8,21-25H2,1-3H3;4-11H,3,12-13H2,1-2H3,(H2,23,27);3-10H,2,11-12H2,1H3,(H2,22,27)(H,24,25). The Morgan fingerprint density at radius 1 is 0.590 bits per heavy atom. The van der Waals surface area contributed by atoms with Crippen molar-refractivity contribution in [2.45, 2.75) is 111 Å². The van der Waals surface area contributed by atoms with Gasteiger partial charge in [-0.1, -0.05) is 178 Å². The highest BCUT2D eigenvalue weighted by atomic mass is 32.2. The van der Waals surface area contributed by atoms with Gasteiger partial charge in [-0.2, -0.15) is 4.98 Å². The lowest BCUT2D eigenvalue weighted by Crippen LogP contribution is -2.40. The fourth-order valence-corrected chi connectivity index (χ4v) is 13.4. The number of likely N-dealkylation sites (N-methyl/N-ethyl adjacent to an activating group) is 1. The van der Waals surface area contributed by atoms with Crippen LogP contribution in [0.2, 0.25) is 0 Å². The average molecular weight is 1370 g/mol. The second-order valence-electron chi connectivity index (χ2n) is 24.2. The fourth-order valence-electron chi connectivity index (χ4n) is 12.5. The van der Waals surface area contributed by atoms with Crippen molar-refractivity contribution in [1.29, 1.82) is 0 Å². The number of carboxylic acids is 1. The maximum atomic E-state index is 14.1. The van der Waals surface area contributed by atoms with E-state index < -0.39 is 36.0 Å². The van der Waals surface area contributed by atoms with Crippen LogP contribution in [-0.2, 0) is 81.6 Å². The second kappa shape index (κ2) is 34.6. The summed E-state index contributed by atoms with van der Waals surface area (Å²) in [5.74, 6) is -4.08. The van der Waals surface area contributed by atoms with Crippen LogP contribution in [0.5, 0.6) is 11.5 Å². The molecule has 0 atom stereocenters. The number of carbonyl (C=O) groups is 7. The van der Waals surface area contributed by atoms with Crippen LogP contribution < -0.4 is 26.5 Å². The quantitative estimate of drug-likeness (QED) is 0.0170. The van der Waals surface area contributed by atoms with Crippen molar-refractivity contribution in [2.24, 2.45) is 11.5 Å². The van der Waals surface area contributed by atoms with E-state index in [2.05, 4.69) is 79.2 Å². The Hall–Kier alpha value is -10.8. The van der Waals surface area contributed by atoms with Crippen LogP contribution in [0.25, 0.3) is 32.9 Å². The van der Waals surface area contributed by atoms with Gasteiger partial charge >= 0.3 is 5.97 Å². The highest BCUT2D eigenvalue weighted by molar-refractivity contribution is 7.98. The average Bonchev–Trinajstić information content (AvgIpc) is 1.60. The van der Waals surface area contributed by atoms with Crippen LogP contribution in [0.3, 0.4) is 0 Å². The maximum Gasteiger partial charge on any atom is 0.341 e. The van der Waals surface area contributed by atoms with E-state index in [1.807, 2.05) is 105 Å². The molecular weight excluding hydrogens is 1290 g/mol. The number of thioether (sulfide) groups is 1. The summed E-state index contributed by atoms with van der Waals surface area (Å²) in [7, 11) is 0. The van der Waals surface area contributed by atoms with Crippen molar-refractivity contribution in [2.75, 3.05) is 39.4 Å². The van der Waals surface area contributed by atoms with E-state index in [1.165, 1.54) is 41.9 Å². The predicted molar refractivity (Wildman–Crippen MR) is 386 cm³/mol. The number of nitrogens with two attached hydrogens (primary N) is 2. The summed E-state index contributed by atoms with van der Waals surface area (Å²) in [4.78, 5) is 107. The molecule has 518 valence electrons. The largest absolute Gasteiger partial charge is 0.485 e. The summed E-state index contributed by atoms with van der Waals surface area (Å²) >= 11 is 1.42. The van der Waals surface area contributed by atoms with Gasteiger partial charge in [0.25, 0.3) is 28.9 Å². The van der Waals surface area contributed by atoms with Crippen molar-refractivity contribution in [3.8, 4) is 22.6 Å². The summed E-state index contributed by atoms with van der Waals surface area (Å²) in [6, 6.07) is 53.3. The zero-order valence-electron chi connectivity index (χ0n) is 57.1. The molecule has 7 aromatic carbocycles. The summed E-state index contributed by atoms with van der Waals surface area (Å²) in [6.07, 6.45) is 3.34. The predicted octanol–water partition coefficient (Wildman–Crippen LogP) is 11.8. The number of amides is 3. The number of aromatic nitrogens is 4. The van der Waals surface area contributed by atoms with E-state index >= 15 is 0 Å². The van der Waals surface area contributed by atoms with Crippen molar-refractivity contribution in [3.63, 3.8) is 0 Å². The molecular formula is C79H83FN8O11S. The molecule has 0 radical (unpaired) electrons. The van der Waals surface area contributed by atoms with Gasteiger partial charge in [0, 0.05) is 61.1 Å². The number of ether oxygens (including phenoxy) is 2. The third-order valence-electron chi connectivity index (χ3n) is 17.5. The van der Waals surface area contributed by atoms with Crippen LogP contribution in [0.1, 0.15) is 112 Å². The lowest BCUT2D eigenvalue weighted by molar-refractivity contribution is -0.139. The Balaban J connectivity index is 0.000000183. The smallest absolute Gasteiger partial charge is 0.341 e. The first kappa shape index (κ1) is 73.5. The molecule has 5 N–H and O–H groups in total. The first-order valence-corrected chi connectivity index (χ1v) is 34.4. The molecule has 3 heterocycles. The van der Waals surface area contributed by atoms with Gasteiger partial charge in [0.1, 0.15) is 30.5 Å². The normalized spacial score (nSPS) is 11.5. The molecule has 1 aliphatic rings. The van der Waals surface area contributed by atoms with Crippen molar-refractivity contribution >= 4 is 74.6 Å². The van der Waals surface area contributed by atoms with E-state index in [-0.39, 0.29) is 53.1 Å². The molecule has 0 unspecified atom stereocenters. The molecule has 21 heteroatoms. The Labute approximate surface area is 584 Å². The van der Waals surface area contributed by atoms with Crippen molar-refractivity contribution < 1.29 is 52.5 Å². The van der Waals surface area contributed by atoms with E-state index in [4.69, 9.17) is 26.0 Å². The number of halogens is 1. The van der Waals surface area contributed by atoms with E-state index in [1.54, 1.807) is 36.4 Å². The van der Waals surface area contributed by atoms with Crippen molar-refractivity contribution in [3.05, 3.63) is 248 Å². The summed E-state index contributed by atoms with van der Waals surface area (Å²) < 4.78 is 30.4. The van der Waals surface area contributed by atoms with Gasteiger partial charge in [-0.15, -0.1) is 0 Å². The van der Waals surface area contributed by atoms with Gasteiger partial charge in [-0.05, 0) is 129 Å². The Morgan fingerprint density at radius 2 is 1.09 bits per heavy atom. The molecule has 0 saturated carbocycles. The molecule has 19 nitrogen and oxygen atoms in total. The number of aliphatic carboxylic acids is 1. The zero-order chi connectivity index (χ0) is 71.6. The third-order valence-corrected chi connectivity index (χ3v) is 18.5. The lowest BCUT2D eigenvalue weighted by atomic mass is 10.0. The number of primary amides is 2. The molecule has 10 aromatic rings. The van der Waals surface area contributed by atoms with E-state index in [9.17, 15) is 42.7 Å². The zero-order valence-corrected chi connectivity index (χ0v) is 57.9. The van der Waals surface area contributed by atoms with E-state index in [0.29, 0.717) is 89.8 Å². The number of nitrogens with zero attached hydrogens (tertiary/aromatic N) is 6. The number of rotatable bonds is 29. The minimum atomic E-state index is -1.14. The highest BCUT2D eigenvalue weighted by Gasteiger charge is 2.30. The second-order valence-corrected chi connectivity index (χ2v) is 25.2. The molecule has 0 spiro atoms. The van der Waals surface area contributed by atoms with Crippen molar-refractivity contribution in [1.82, 2.24) is 28.5 Å². The summed E-state index contributed by atoms with van der Waals surface area (Å²) in [5.41, 5.74) is 22.9. The van der Waals surface area contributed by atoms with Crippen LogP contribution in [0, 0.1) is 12.7 Å². The summed E-state index contributed by atoms with van der Waals surface area (Å²) in [5, 5.41) is 10.4. The van der Waals surface area contributed by atoms with Gasteiger partial charge in [0.15, 0.2) is 17.5 Å². The van der Waals surface area contributed by atoms with Crippen LogP contribution in [0.4, 0.5) is 4.39 Å². The number of Topliss-reactive ketones (excluding diaryl/α,β-unsaturated/α-hetero) is 3. The Kier molecular flexibility index (Phi) is 25.4. The van der Waals surface area contributed by atoms with Crippen LogP contribution in [0.15, 0.2) is 180 Å². The molecule has 11 rings (SSSR count). The van der Waals surface area contributed by atoms with E-state index in [0.717, 1.165) is 77.1 Å². The Bertz CT molecular complexity index is 4470. The number of hydrogen-bond acceptors (Lipinski definition) is 13. The van der Waals surface area contributed by atoms with Gasteiger partial charge in [-0.3, -0.25) is 33.6 Å². The number of aryl methyl sites for hydroxylation is 1. The van der Waals surface area contributed by atoms with Gasteiger partial charge < -0.3 is 49.5 Å². The maximum absolute atomic E-state index is 14.1. The number of carboxylic acid groups (broad SMARTS) is 1. The number of hydrogen-bond donors (Lipinski definition) is 3. The minimum Gasteiger partial charge on any atom is -0.485 e. The topological polar surface area (TPSA) is 261 Å². The monoisotopic (exact) mass is 1370 g/mol. The number of benzene rings is 7. The molecule has 3 aromatic heterocycles. The molecule has 0 fully saturated rings. The lowest BCUT2D eigenvalue weighted by Gasteiger charge is -2.28. The number of fused-ring (bicyclic) bond motifs is 3. The Morgan fingerprint density at radius 3 is 1.57 bits per heavy atom. The van der Waals surface area contributed by atoms with Crippen LogP contribution >= 0.6 is 11.8 Å². The van der Waals surface area contributed by atoms with Gasteiger partial charge in [-0.25, -0.2) is 9.18 Å². The molecule has 0 aliphatic heterocycles. The number of ketones is 3. The first-order chi connectivity index (χ1) is 48.2. The molecule has 0 saturated heterocycles. The summed E-state index contributed by atoms with van der Waals surface area (Å²) in [6.45, 7) is 15.8. The third kappa shape index (κ3) is 18.1. The molecule has 0 bridgehead atoms. The first-order valence-electron chi connectivity index (χ1n) is 33.4. The molecule has 1 aliphatic carbocycles. The number of carbonyl (C=O) groups excluding carboxylic acids is 6. The molecule has 3 amide bonds. The van der Waals surface area contributed by atoms with Gasteiger partial charge in [0.2, 0.25) is 5.91 Å². The SMILES string of the molecule is CCN(CC)CCN(Cc1ccc(-c2ccc(C)cc2)cc1)C(=O)Cn1c(SCc2ccc(F)cc2)nc(=O)c2c1CCC2.CCc1c(C(=O)C(N)=O)c2c(OCC(=O)O)cccc2n1Cc1ccccc1.CCc1c(C(=O)C(N)=O)c2c(OCC(C)=O)cccc2n1Cc1ccccc1. The van der Waals surface area contributed by atoms with Gasteiger partial charge in [0.05, 0.1) is 32.9 Å². The highest BCUT2D eigenvalue weighted by Crippen LogP contribution is 2.38. The molecule has 100 heavy (non-hydrogen) atoms.